The molecule has 0 aliphatic heterocycles. The van der Waals surface area contributed by atoms with Crippen molar-refractivity contribution in [3.63, 3.8) is 0 Å². The van der Waals surface area contributed by atoms with E-state index in [2.05, 4.69) is 36.2 Å². The third-order valence-corrected chi connectivity index (χ3v) is 3.87. The van der Waals surface area contributed by atoms with Gasteiger partial charge in [-0.2, -0.15) is 5.10 Å². The number of rotatable bonds is 4. The highest BCUT2D eigenvalue weighted by molar-refractivity contribution is 9.10. The molecule has 24 heavy (non-hydrogen) atoms. The van der Waals surface area contributed by atoms with Gasteiger partial charge in [-0.05, 0) is 45.8 Å². The van der Waals surface area contributed by atoms with Crippen molar-refractivity contribution in [3.05, 3.63) is 71.1 Å². The molecule has 0 saturated heterocycles. The number of hydrogen-bond acceptors (Lipinski definition) is 5. The lowest BCUT2D eigenvalue weighted by Crippen LogP contribution is -1.99. The molecule has 3 heterocycles. The summed E-state index contributed by atoms with van der Waals surface area (Å²) in [6.07, 6.45) is 5.40. The van der Waals surface area contributed by atoms with Gasteiger partial charge in [-0.15, -0.1) is 10.2 Å². The van der Waals surface area contributed by atoms with Crippen LogP contribution in [0.15, 0.2) is 69.9 Å². The molecule has 1 aromatic carbocycles. The summed E-state index contributed by atoms with van der Waals surface area (Å²) in [6, 6.07) is 13.5. The van der Waals surface area contributed by atoms with E-state index in [9.17, 15) is 0 Å². The lowest BCUT2D eigenvalue weighted by molar-refractivity contribution is 0.582. The Labute approximate surface area is 146 Å². The Hall–Kier alpha value is -2.80. The molecule has 7 heteroatoms. The van der Waals surface area contributed by atoms with Gasteiger partial charge in [0.05, 0.1) is 17.2 Å². The quantitative estimate of drug-likeness (QED) is 0.537. The van der Waals surface area contributed by atoms with E-state index >= 15 is 0 Å². The fourth-order valence-corrected chi connectivity index (χ4v) is 2.63. The second-order valence-electron chi connectivity index (χ2n) is 5.18. The van der Waals surface area contributed by atoms with Gasteiger partial charge in [0.2, 0.25) is 5.89 Å². The Bertz CT molecular complexity index is 947. The average Bonchev–Trinajstić information content (AvgIpc) is 3.26. The van der Waals surface area contributed by atoms with Crippen LogP contribution in [-0.2, 0) is 6.54 Å². The molecule has 0 aliphatic carbocycles. The van der Waals surface area contributed by atoms with Crippen LogP contribution < -0.4 is 0 Å². The first kappa shape index (κ1) is 14.8. The Morgan fingerprint density at radius 1 is 1.00 bits per heavy atom. The molecule has 6 nitrogen and oxygen atoms in total. The Kier molecular flexibility index (Phi) is 3.92. The third kappa shape index (κ3) is 3.11. The van der Waals surface area contributed by atoms with Gasteiger partial charge in [0.15, 0.2) is 0 Å². The highest BCUT2D eigenvalue weighted by Gasteiger charge is 2.11. The minimum Gasteiger partial charge on any atom is -0.415 e. The molecule has 0 N–H and O–H groups in total. The molecule has 0 unspecified atom stereocenters. The minimum atomic E-state index is 0.413. The maximum absolute atomic E-state index is 5.71. The summed E-state index contributed by atoms with van der Waals surface area (Å²) in [4.78, 5) is 4.21. The highest BCUT2D eigenvalue weighted by Crippen LogP contribution is 2.23. The monoisotopic (exact) mass is 381 g/mol. The Morgan fingerprint density at radius 3 is 2.54 bits per heavy atom. The SMILES string of the molecule is Brc1cnn(Cc2ccc(-c3nnc(-c4ccccn4)o3)cc2)c1. The summed E-state index contributed by atoms with van der Waals surface area (Å²) < 4.78 is 8.54. The third-order valence-electron chi connectivity index (χ3n) is 3.46. The number of aromatic nitrogens is 5. The van der Waals surface area contributed by atoms with E-state index < -0.39 is 0 Å². The zero-order chi connectivity index (χ0) is 16.4. The van der Waals surface area contributed by atoms with E-state index in [1.54, 1.807) is 12.4 Å². The van der Waals surface area contributed by atoms with Gasteiger partial charge in [-0.25, -0.2) is 0 Å². The van der Waals surface area contributed by atoms with Crippen LogP contribution in [0.3, 0.4) is 0 Å². The summed E-state index contributed by atoms with van der Waals surface area (Å²) in [5.74, 6) is 0.889. The van der Waals surface area contributed by atoms with E-state index in [0.717, 1.165) is 15.6 Å². The van der Waals surface area contributed by atoms with Gasteiger partial charge in [0, 0.05) is 18.0 Å². The van der Waals surface area contributed by atoms with Crippen LogP contribution >= 0.6 is 15.9 Å². The van der Waals surface area contributed by atoms with Gasteiger partial charge < -0.3 is 4.42 Å². The lowest BCUT2D eigenvalue weighted by Gasteiger charge is -2.02. The number of nitrogens with zero attached hydrogens (tertiary/aromatic N) is 5. The van der Waals surface area contributed by atoms with Crippen molar-refractivity contribution < 1.29 is 4.42 Å². The van der Waals surface area contributed by atoms with Crippen LogP contribution in [0.4, 0.5) is 0 Å². The average molecular weight is 382 g/mol. The van der Waals surface area contributed by atoms with Crippen molar-refractivity contribution in [2.24, 2.45) is 0 Å². The van der Waals surface area contributed by atoms with Gasteiger partial charge in [0.1, 0.15) is 5.69 Å². The molecule has 0 atom stereocenters. The standard InChI is InChI=1S/C17H12BrN5O/c18-14-9-20-23(11-14)10-12-4-6-13(7-5-12)16-21-22-17(24-16)15-3-1-2-8-19-15/h1-9,11H,10H2. The first-order chi connectivity index (χ1) is 11.8. The zero-order valence-corrected chi connectivity index (χ0v) is 14.1. The fraction of sp³-hybridized carbons (Fsp3) is 0.0588. The molecule has 0 spiro atoms. The fourth-order valence-electron chi connectivity index (χ4n) is 2.30. The van der Waals surface area contributed by atoms with Crippen LogP contribution in [0.1, 0.15) is 5.56 Å². The van der Waals surface area contributed by atoms with Crippen LogP contribution in [0, 0.1) is 0 Å². The summed E-state index contributed by atoms with van der Waals surface area (Å²) in [7, 11) is 0. The van der Waals surface area contributed by atoms with E-state index in [4.69, 9.17) is 4.42 Å². The number of benzene rings is 1. The van der Waals surface area contributed by atoms with Gasteiger partial charge >= 0.3 is 0 Å². The van der Waals surface area contributed by atoms with Crippen molar-refractivity contribution in [2.45, 2.75) is 6.54 Å². The Balaban J connectivity index is 1.54. The minimum absolute atomic E-state index is 0.413. The zero-order valence-electron chi connectivity index (χ0n) is 12.5. The number of halogens is 1. The maximum atomic E-state index is 5.71. The summed E-state index contributed by atoms with van der Waals surface area (Å²) in [5, 5.41) is 12.4. The molecule has 0 bridgehead atoms. The predicted molar refractivity (Wildman–Crippen MR) is 92.0 cm³/mol. The van der Waals surface area contributed by atoms with Gasteiger partial charge in [-0.3, -0.25) is 9.67 Å². The van der Waals surface area contributed by atoms with Crippen molar-refractivity contribution in [3.8, 4) is 23.0 Å². The second kappa shape index (κ2) is 6.37. The molecule has 3 aromatic heterocycles. The lowest BCUT2D eigenvalue weighted by atomic mass is 10.1. The maximum Gasteiger partial charge on any atom is 0.266 e. The van der Waals surface area contributed by atoms with Crippen molar-refractivity contribution >= 4 is 15.9 Å². The van der Waals surface area contributed by atoms with E-state index in [1.807, 2.05) is 53.3 Å². The van der Waals surface area contributed by atoms with E-state index in [1.165, 1.54) is 0 Å². The number of pyridine rings is 1. The summed E-state index contributed by atoms with van der Waals surface area (Å²) in [6.45, 7) is 0.703. The smallest absolute Gasteiger partial charge is 0.266 e. The predicted octanol–water partition coefficient (Wildman–Crippen LogP) is 3.81. The van der Waals surface area contributed by atoms with E-state index in [0.29, 0.717) is 24.0 Å². The van der Waals surface area contributed by atoms with Gasteiger partial charge in [-0.1, -0.05) is 18.2 Å². The highest BCUT2D eigenvalue weighted by atomic mass is 79.9. The second-order valence-corrected chi connectivity index (χ2v) is 6.10. The largest absolute Gasteiger partial charge is 0.415 e. The molecule has 0 radical (unpaired) electrons. The van der Waals surface area contributed by atoms with Crippen LogP contribution in [0.5, 0.6) is 0 Å². The Morgan fingerprint density at radius 2 is 1.83 bits per heavy atom. The molecule has 0 amide bonds. The topological polar surface area (TPSA) is 69.6 Å². The first-order valence-corrected chi connectivity index (χ1v) is 8.09. The van der Waals surface area contributed by atoms with Crippen LogP contribution in [0.25, 0.3) is 23.0 Å². The normalized spacial score (nSPS) is 10.9. The number of hydrogen-bond donors (Lipinski definition) is 0. The molecular formula is C17H12BrN5O. The molecule has 118 valence electrons. The summed E-state index contributed by atoms with van der Waals surface area (Å²) >= 11 is 3.39. The van der Waals surface area contributed by atoms with Crippen LogP contribution in [0.2, 0.25) is 0 Å². The molecular weight excluding hydrogens is 370 g/mol. The van der Waals surface area contributed by atoms with Crippen molar-refractivity contribution in [2.75, 3.05) is 0 Å². The van der Waals surface area contributed by atoms with Gasteiger partial charge in [0.25, 0.3) is 5.89 Å². The molecule has 0 aliphatic rings. The molecule has 4 aromatic rings. The molecule has 0 fully saturated rings. The first-order valence-electron chi connectivity index (χ1n) is 7.30. The van der Waals surface area contributed by atoms with Crippen molar-refractivity contribution in [1.82, 2.24) is 25.0 Å². The van der Waals surface area contributed by atoms with Crippen molar-refractivity contribution in [1.29, 1.82) is 0 Å². The van der Waals surface area contributed by atoms with E-state index in [-0.39, 0.29) is 0 Å². The molecule has 0 saturated carbocycles. The summed E-state index contributed by atoms with van der Waals surface area (Å²) in [5.41, 5.74) is 2.67. The molecule has 4 rings (SSSR count). The van der Waals surface area contributed by atoms with Crippen LogP contribution in [-0.4, -0.2) is 25.0 Å².